The maximum Gasteiger partial charge on any atom is 0.173 e. The van der Waals surface area contributed by atoms with E-state index in [9.17, 15) is 5.26 Å². The summed E-state index contributed by atoms with van der Waals surface area (Å²) in [5.41, 5.74) is 7.49. The van der Waals surface area contributed by atoms with Crippen LogP contribution in [0.25, 0.3) is 0 Å². The predicted molar refractivity (Wildman–Crippen MR) is 80.5 cm³/mol. The number of hydrogen-bond acceptors (Lipinski definition) is 5. The molecule has 1 aromatic carbocycles. The van der Waals surface area contributed by atoms with Crippen LogP contribution in [0, 0.1) is 11.3 Å². The molecule has 0 amide bonds. The van der Waals surface area contributed by atoms with Gasteiger partial charge in [0, 0.05) is 23.2 Å². The topological polar surface area (TPSA) is 53.0 Å². The lowest BCUT2D eigenvalue weighted by molar-refractivity contribution is 0.343. The molecule has 1 saturated heterocycles. The molecule has 1 aliphatic rings. The number of nitriles is 1. The van der Waals surface area contributed by atoms with Gasteiger partial charge in [-0.15, -0.1) is 23.5 Å². The summed E-state index contributed by atoms with van der Waals surface area (Å²) in [6.07, 6.45) is 0. The summed E-state index contributed by atoms with van der Waals surface area (Å²) >= 11 is 3.45. The minimum atomic E-state index is -0.472. The Morgan fingerprint density at radius 1 is 1.28 bits per heavy atom. The second-order valence-electron chi connectivity index (χ2n) is 4.59. The fraction of sp³-hybridized carbons (Fsp3) is 0.462. The van der Waals surface area contributed by atoms with Crippen molar-refractivity contribution >= 4 is 29.2 Å². The average molecular weight is 279 g/mol. The van der Waals surface area contributed by atoms with Gasteiger partial charge in [0.15, 0.2) is 4.08 Å². The van der Waals surface area contributed by atoms with Crippen molar-refractivity contribution in [2.75, 3.05) is 31.3 Å². The van der Waals surface area contributed by atoms with E-state index in [4.69, 9.17) is 5.73 Å². The highest BCUT2D eigenvalue weighted by molar-refractivity contribution is 8.18. The first-order valence-electron chi connectivity index (χ1n) is 5.79. The Balaban J connectivity index is 2.19. The normalized spacial score (nSPS) is 28.0. The Kier molecular flexibility index (Phi) is 4.10. The van der Waals surface area contributed by atoms with Crippen LogP contribution in [0.15, 0.2) is 24.3 Å². The van der Waals surface area contributed by atoms with E-state index in [1.807, 2.05) is 24.3 Å². The molecule has 3 nitrogen and oxygen atoms in total. The molecular formula is C13H17N3S2. The second-order valence-corrected chi connectivity index (χ2v) is 7.32. The van der Waals surface area contributed by atoms with Crippen molar-refractivity contribution in [3.8, 4) is 6.07 Å². The van der Waals surface area contributed by atoms with Gasteiger partial charge in [0.25, 0.3) is 0 Å². The number of hydrogen-bond donors (Lipinski definition) is 1. The standard InChI is InChI=1S/C13H17N3S2/c1-16(2)12-7-17-13(9-14,18-8-12)10-3-5-11(15)6-4-10/h3-6,12H,7-8,15H2,1-2H3. The first kappa shape index (κ1) is 13.6. The first-order chi connectivity index (χ1) is 8.57. The van der Waals surface area contributed by atoms with Crippen molar-refractivity contribution in [3.05, 3.63) is 29.8 Å². The zero-order valence-electron chi connectivity index (χ0n) is 10.6. The molecule has 1 fully saturated rings. The summed E-state index contributed by atoms with van der Waals surface area (Å²) in [4.78, 5) is 2.23. The highest BCUT2D eigenvalue weighted by Gasteiger charge is 2.39. The number of benzene rings is 1. The highest BCUT2D eigenvalue weighted by Crippen LogP contribution is 2.50. The Labute approximate surface area is 117 Å². The zero-order chi connectivity index (χ0) is 13.2. The van der Waals surface area contributed by atoms with Gasteiger partial charge in [-0.05, 0) is 31.8 Å². The smallest absolute Gasteiger partial charge is 0.173 e. The largest absolute Gasteiger partial charge is 0.399 e. The van der Waals surface area contributed by atoms with Crippen molar-refractivity contribution < 1.29 is 0 Å². The second kappa shape index (κ2) is 5.43. The Hall–Kier alpha value is -0.830. The average Bonchev–Trinajstić information content (AvgIpc) is 2.39. The van der Waals surface area contributed by atoms with Gasteiger partial charge in [0.05, 0.1) is 6.07 Å². The molecular weight excluding hydrogens is 262 g/mol. The fourth-order valence-electron chi connectivity index (χ4n) is 1.81. The Bertz CT molecular complexity index is 442. The molecule has 0 aliphatic carbocycles. The maximum absolute atomic E-state index is 9.55. The molecule has 2 N–H and O–H groups in total. The molecule has 0 saturated carbocycles. The third kappa shape index (κ3) is 2.61. The van der Waals surface area contributed by atoms with Gasteiger partial charge in [-0.25, -0.2) is 0 Å². The van der Waals surface area contributed by atoms with E-state index < -0.39 is 4.08 Å². The van der Waals surface area contributed by atoms with Crippen LogP contribution >= 0.6 is 23.5 Å². The summed E-state index contributed by atoms with van der Waals surface area (Å²) in [7, 11) is 4.18. The third-order valence-electron chi connectivity index (χ3n) is 3.13. The van der Waals surface area contributed by atoms with E-state index in [1.54, 1.807) is 23.5 Å². The van der Waals surface area contributed by atoms with Crippen LogP contribution in [-0.4, -0.2) is 36.5 Å². The Morgan fingerprint density at radius 2 is 1.83 bits per heavy atom. The van der Waals surface area contributed by atoms with Crippen molar-refractivity contribution in [1.29, 1.82) is 5.26 Å². The molecule has 0 radical (unpaired) electrons. The van der Waals surface area contributed by atoms with Crippen molar-refractivity contribution in [1.82, 2.24) is 4.90 Å². The summed E-state index contributed by atoms with van der Waals surface area (Å²) in [6.45, 7) is 0. The number of thioether (sulfide) groups is 2. The van der Waals surface area contributed by atoms with Crippen LogP contribution in [0.5, 0.6) is 0 Å². The number of nitrogens with zero attached hydrogens (tertiary/aromatic N) is 2. The van der Waals surface area contributed by atoms with Crippen LogP contribution < -0.4 is 5.73 Å². The SMILES string of the molecule is CN(C)C1CSC(C#N)(c2ccc(N)cc2)SC1. The van der Waals surface area contributed by atoms with Crippen molar-refractivity contribution in [2.45, 2.75) is 10.1 Å². The zero-order valence-corrected chi connectivity index (χ0v) is 12.2. The van der Waals surface area contributed by atoms with E-state index in [0.717, 1.165) is 22.8 Å². The maximum atomic E-state index is 9.55. The van der Waals surface area contributed by atoms with Gasteiger partial charge in [0.1, 0.15) is 0 Å². The van der Waals surface area contributed by atoms with Gasteiger partial charge >= 0.3 is 0 Å². The van der Waals surface area contributed by atoms with Crippen LogP contribution in [0.4, 0.5) is 5.69 Å². The molecule has 1 aromatic rings. The summed E-state index contributed by atoms with van der Waals surface area (Å²) < 4.78 is -0.472. The lowest BCUT2D eigenvalue weighted by Gasteiger charge is -2.36. The van der Waals surface area contributed by atoms with Gasteiger partial charge in [-0.3, -0.25) is 0 Å². The molecule has 0 aromatic heterocycles. The molecule has 2 rings (SSSR count). The van der Waals surface area contributed by atoms with Crippen molar-refractivity contribution in [2.24, 2.45) is 0 Å². The molecule has 0 unspecified atom stereocenters. The molecule has 1 heterocycles. The lowest BCUT2D eigenvalue weighted by Crippen LogP contribution is -2.38. The third-order valence-corrected chi connectivity index (χ3v) is 6.40. The van der Waals surface area contributed by atoms with Gasteiger partial charge < -0.3 is 10.6 Å². The first-order valence-corrected chi connectivity index (χ1v) is 7.76. The number of anilines is 1. The minimum absolute atomic E-state index is 0.472. The molecule has 96 valence electrons. The predicted octanol–water partition coefficient (Wildman–Crippen LogP) is 2.36. The molecule has 0 atom stereocenters. The van der Waals surface area contributed by atoms with Crippen LogP contribution in [0.3, 0.4) is 0 Å². The molecule has 5 heteroatoms. The van der Waals surface area contributed by atoms with E-state index in [2.05, 4.69) is 25.1 Å². The highest BCUT2D eigenvalue weighted by atomic mass is 32.2. The minimum Gasteiger partial charge on any atom is -0.399 e. The molecule has 0 spiro atoms. The van der Waals surface area contributed by atoms with Crippen LogP contribution in [0.1, 0.15) is 5.56 Å². The fourth-order valence-corrected chi connectivity index (χ4v) is 5.12. The van der Waals surface area contributed by atoms with Gasteiger partial charge in [0.2, 0.25) is 0 Å². The van der Waals surface area contributed by atoms with Gasteiger partial charge in [-0.1, -0.05) is 12.1 Å². The van der Waals surface area contributed by atoms with Gasteiger partial charge in [-0.2, -0.15) is 5.26 Å². The molecule has 18 heavy (non-hydrogen) atoms. The van der Waals surface area contributed by atoms with Crippen molar-refractivity contribution in [3.63, 3.8) is 0 Å². The number of rotatable bonds is 2. The van der Waals surface area contributed by atoms with E-state index in [0.29, 0.717) is 6.04 Å². The molecule has 0 bridgehead atoms. The quantitative estimate of drug-likeness (QED) is 0.842. The van der Waals surface area contributed by atoms with Crippen LogP contribution in [0.2, 0.25) is 0 Å². The number of nitrogens with two attached hydrogens (primary N) is 1. The monoisotopic (exact) mass is 279 g/mol. The summed E-state index contributed by atoms with van der Waals surface area (Å²) in [6, 6.07) is 10.7. The number of nitrogen functional groups attached to an aromatic ring is 1. The van der Waals surface area contributed by atoms with Crippen LogP contribution in [-0.2, 0) is 4.08 Å². The Morgan fingerprint density at radius 3 is 2.28 bits per heavy atom. The van der Waals surface area contributed by atoms with E-state index >= 15 is 0 Å². The van der Waals surface area contributed by atoms with E-state index in [-0.39, 0.29) is 0 Å². The summed E-state index contributed by atoms with van der Waals surface area (Å²) in [5.74, 6) is 1.97. The van der Waals surface area contributed by atoms with E-state index in [1.165, 1.54) is 0 Å². The summed E-state index contributed by atoms with van der Waals surface area (Å²) in [5, 5.41) is 9.55. The molecule has 1 aliphatic heterocycles. The lowest BCUT2D eigenvalue weighted by atomic mass is 10.1.